The van der Waals surface area contributed by atoms with Crippen LogP contribution < -0.4 is 4.74 Å². The molecule has 27 heavy (non-hydrogen) atoms. The van der Waals surface area contributed by atoms with Crippen LogP contribution in [0.3, 0.4) is 0 Å². The van der Waals surface area contributed by atoms with Crippen molar-refractivity contribution in [2.45, 2.75) is 25.9 Å². The van der Waals surface area contributed by atoms with E-state index >= 15 is 0 Å². The van der Waals surface area contributed by atoms with Crippen molar-refractivity contribution in [3.05, 3.63) is 63.6 Å². The molecule has 6 heteroatoms. The van der Waals surface area contributed by atoms with Gasteiger partial charge in [0, 0.05) is 17.6 Å². The number of likely N-dealkylation sites (tertiary alicyclic amines) is 1. The molecule has 3 rings (SSSR count). The van der Waals surface area contributed by atoms with Crippen LogP contribution in [0.2, 0.25) is 10.0 Å². The molecule has 1 fully saturated rings. The molecule has 0 aliphatic carbocycles. The van der Waals surface area contributed by atoms with Crippen LogP contribution in [0.4, 0.5) is 0 Å². The van der Waals surface area contributed by atoms with E-state index in [-0.39, 0.29) is 5.97 Å². The van der Waals surface area contributed by atoms with Gasteiger partial charge < -0.3 is 9.47 Å². The van der Waals surface area contributed by atoms with Gasteiger partial charge in [0.05, 0.1) is 10.6 Å². The Labute approximate surface area is 170 Å². The van der Waals surface area contributed by atoms with Gasteiger partial charge in [0.15, 0.2) is 0 Å². The third-order valence-electron chi connectivity index (χ3n) is 4.57. The molecule has 2 aromatic carbocycles. The summed E-state index contributed by atoms with van der Waals surface area (Å²) in [5, 5.41) is 1.07. The quantitative estimate of drug-likeness (QED) is 0.590. The van der Waals surface area contributed by atoms with Crippen molar-refractivity contribution in [2.24, 2.45) is 0 Å². The predicted molar refractivity (Wildman–Crippen MR) is 108 cm³/mol. The van der Waals surface area contributed by atoms with E-state index in [9.17, 15) is 4.79 Å². The number of esters is 1. The van der Waals surface area contributed by atoms with Crippen molar-refractivity contribution in [3.63, 3.8) is 0 Å². The predicted octanol–water partition coefficient (Wildman–Crippen LogP) is 5.22. The lowest BCUT2D eigenvalue weighted by Gasteiger charge is -2.25. The minimum absolute atomic E-state index is 0.294. The summed E-state index contributed by atoms with van der Waals surface area (Å²) < 4.78 is 11.1. The van der Waals surface area contributed by atoms with Gasteiger partial charge >= 0.3 is 5.97 Å². The molecule has 2 aromatic rings. The lowest BCUT2D eigenvalue weighted by Crippen LogP contribution is -2.33. The fourth-order valence-electron chi connectivity index (χ4n) is 3.02. The molecule has 0 amide bonds. The minimum Gasteiger partial charge on any atom is -0.487 e. The smallest absolute Gasteiger partial charge is 0.338 e. The summed E-state index contributed by atoms with van der Waals surface area (Å²) in [5.74, 6) is 0.239. The van der Waals surface area contributed by atoms with Crippen molar-refractivity contribution in [2.75, 3.05) is 26.2 Å². The van der Waals surface area contributed by atoms with E-state index in [1.54, 1.807) is 30.3 Å². The van der Waals surface area contributed by atoms with E-state index in [1.807, 2.05) is 12.1 Å². The monoisotopic (exact) mass is 407 g/mol. The van der Waals surface area contributed by atoms with Crippen LogP contribution in [-0.2, 0) is 11.3 Å². The highest BCUT2D eigenvalue weighted by Crippen LogP contribution is 2.28. The molecule has 1 aliphatic rings. The molecule has 0 spiro atoms. The zero-order valence-electron chi connectivity index (χ0n) is 15.1. The summed E-state index contributed by atoms with van der Waals surface area (Å²) in [5.41, 5.74) is 1.47. The molecule has 0 N–H and O–H groups in total. The van der Waals surface area contributed by atoms with Gasteiger partial charge in [-0.15, -0.1) is 0 Å². The Morgan fingerprint density at radius 2 is 1.74 bits per heavy atom. The second kappa shape index (κ2) is 9.98. The normalized spacial score (nSPS) is 14.7. The fraction of sp³-hybridized carbons (Fsp3) is 0.381. The zero-order chi connectivity index (χ0) is 19.1. The molecule has 1 heterocycles. The Balaban J connectivity index is 1.46. The van der Waals surface area contributed by atoms with Crippen molar-refractivity contribution < 1.29 is 14.3 Å². The molecule has 0 unspecified atom stereocenters. The van der Waals surface area contributed by atoms with Crippen molar-refractivity contribution >= 4 is 29.2 Å². The van der Waals surface area contributed by atoms with Crippen molar-refractivity contribution in [3.8, 4) is 5.75 Å². The lowest BCUT2D eigenvalue weighted by molar-refractivity contribution is 0.0452. The number of ether oxygens (including phenoxy) is 2. The molecule has 1 aliphatic heterocycles. The van der Waals surface area contributed by atoms with Gasteiger partial charge in [-0.25, -0.2) is 4.79 Å². The van der Waals surface area contributed by atoms with Crippen LogP contribution in [-0.4, -0.2) is 37.1 Å². The van der Waals surface area contributed by atoms with Gasteiger partial charge in [0.25, 0.3) is 0 Å². The lowest BCUT2D eigenvalue weighted by atomic mass is 10.1. The Bertz CT molecular complexity index is 759. The number of rotatable bonds is 7. The highest BCUT2D eigenvalue weighted by Gasteiger charge is 2.12. The SMILES string of the molecule is O=C(OCCN1CCCCC1)c1ccc(COc2cc(Cl)ccc2Cl)cc1. The number of hydrogen-bond donors (Lipinski definition) is 0. The second-order valence-corrected chi connectivity index (χ2v) is 7.44. The Morgan fingerprint density at radius 3 is 2.48 bits per heavy atom. The van der Waals surface area contributed by atoms with Crippen LogP contribution >= 0.6 is 23.2 Å². The number of piperidine rings is 1. The largest absolute Gasteiger partial charge is 0.487 e. The van der Waals surface area contributed by atoms with E-state index < -0.39 is 0 Å². The topological polar surface area (TPSA) is 38.8 Å². The summed E-state index contributed by atoms with van der Waals surface area (Å²) in [6.45, 7) is 3.77. The highest BCUT2D eigenvalue weighted by atomic mass is 35.5. The Kier molecular flexibility index (Phi) is 7.39. The average molecular weight is 408 g/mol. The molecule has 0 atom stereocenters. The Morgan fingerprint density at radius 1 is 1.00 bits per heavy atom. The first-order chi connectivity index (χ1) is 13.1. The Hall–Kier alpha value is -1.75. The number of hydrogen-bond acceptors (Lipinski definition) is 4. The van der Waals surface area contributed by atoms with Gasteiger partial charge in [-0.05, 0) is 55.8 Å². The van der Waals surface area contributed by atoms with Crippen LogP contribution in [0.25, 0.3) is 0 Å². The standard InChI is InChI=1S/C21H23Cl2NO3/c22-18-8-9-19(23)20(14-18)27-15-16-4-6-17(7-5-16)21(25)26-13-12-24-10-2-1-3-11-24/h4-9,14H,1-3,10-13,15H2. The number of nitrogens with zero attached hydrogens (tertiary/aromatic N) is 1. The van der Waals surface area contributed by atoms with Crippen LogP contribution in [0, 0.1) is 0 Å². The summed E-state index contributed by atoms with van der Waals surface area (Å²) >= 11 is 12.0. The fourth-order valence-corrected chi connectivity index (χ4v) is 3.35. The number of carbonyl (C=O) groups excluding carboxylic acids is 1. The van der Waals surface area contributed by atoms with E-state index in [4.69, 9.17) is 32.7 Å². The summed E-state index contributed by atoms with van der Waals surface area (Å²) in [6, 6.07) is 12.3. The minimum atomic E-state index is -0.294. The molecule has 144 valence electrons. The van der Waals surface area contributed by atoms with Gasteiger partial charge in [-0.3, -0.25) is 4.90 Å². The van der Waals surface area contributed by atoms with Crippen molar-refractivity contribution in [1.29, 1.82) is 0 Å². The first-order valence-corrected chi connectivity index (χ1v) is 9.94. The highest BCUT2D eigenvalue weighted by molar-refractivity contribution is 6.34. The average Bonchev–Trinajstić information content (AvgIpc) is 2.70. The number of halogens is 2. The molecular formula is C21H23Cl2NO3. The third-order valence-corrected chi connectivity index (χ3v) is 5.11. The van der Waals surface area contributed by atoms with E-state index in [2.05, 4.69) is 4.90 Å². The summed E-state index contributed by atoms with van der Waals surface area (Å²) in [4.78, 5) is 14.5. The van der Waals surface area contributed by atoms with Crippen LogP contribution in [0.15, 0.2) is 42.5 Å². The van der Waals surface area contributed by atoms with Gasteiger partial charge in [0.2, 0.25) is 0 Å². The number of benzene rings is 2. The maximum Gasteiger partial charge on any atom is 0.338 e. The maximum absolute atomic E-state index is 12.2. The third kappa shape index (κ3) is 6.13. The zero-order valence-corrected chi connectivity index (χ0v) is 16.6. The van der Waals surface area contributed by atoms with E-state index in [0.717, 1.165) is 25.2 Å². The molecule has 0 saturated carbocycles. The van der Waals surface area contributed by atoms with Gasteiger partial charge in [-0.2, -0.15) is 0 Å². The molecular weight excluding hydrogens is 385 g/mol. The van der Waals surface area contributed by atoms with E-state index in [1.165, 1.54) is 19.3 Å². The maximum atomic E-state index is 12.2. The van der Waals surface area contributed by atoms with E-state index in [0.29, 0.717) is 34.6 Å². The van der Waals surface area contributed by atoms with Crippen LogP contribution in [0.5, 0.6) is 5.75 Å². The molecule has 4 nitrogen and oxygen atoms in total. The number of carbonyl (C=O) groups is 1. The first kappa shape index (κ1) is 20.0. The summed E-state index contributed by atoms with van der Waals surface area (Å²) in [6.07, 6.45) is 3.77. The molecule has 0 bridgehead atoms. The van der Waals surface area contributed by atoms with Gasteiger partial charge in [-0.1, -0.05) is 41.8 Å². The van der Waals surface area contributed by atoms with Crippen molar-refractivity contribution in [1.82, 2.24) is 4.90 Å². The summed E-state index contributed by atoms with van der Waals surface area (Å²) in [7, 11) is 0. The van der Waals surface area contributed by atoms with Crippen LogP contribution in [0.1, 0.15) is 35.2 Å². The molecule has 1 saturated heterocycles. The first-order valence-electron chi connectivity index (χ1n) is 9.18. The molecule has 0 aromatic heterocycles. The second-order valence-electron chi connectivity index (χ2n) is 6.60. The van der Waals surface area contributed by atoms with Gasteiger partial charge in [0.1, 0.15) is 19.0 Å². The molecule has 0 radical (unpaired) electrons.